The van der Waals surface area contributed by atoms with Crippen molar-refractivity contribution in [1.82, 2.24) is 9.62 Å². The number of methoxy groups -OCH3 is 1. The number of aliphatic hydroxyl groups is 1. The summed E-state index contributed by atoms with van der Waals surface area (Å²) in [5.41, 5.74) is 1.69. The van der Waals surface area contributed by atoms with Crippen molar-refractivity contribution in [2.75, 3.05) is 40.5 Å². The van der Waals surface area contributed by atoms with E-state index < -0.39 is 22.2 Å². The molecule has 10 heteroatoms. The maximum absolute atomic E-state index is 13.1. The molecule has 0 fully saturated rings. The highest BCUT2D eigenvalue weighted by Gasteiger charge is 2.29. The highest BCUT2D eigenvalue weighted by Crippen LogP contribution is 2.31. The number of allylic oxidation sites excluding steroid dienone is 1. The molecule has 2 atom stereocenters. The number of carbonyl (C=O) groups excluding carboxylic acids is 1. The van der Waals surface area contributed by atoms with E-state index in [-0.39, 0.29) is 42.9 Å². The molecule has 0 saturated heterocycles. The number of amides is 1. The van der Waals surface area contributed by atoms with E-state index in [2.05, 4.69) is 11.2 Å². The SMILES string of the molecule is C#Cc1ccc([C@@H]2C=C(C(=O)NC)O[C@H](OCCN(CCO)S(=O)(=O)c3ccc(OC)cc3)C2)cc1. The van der Waals surface area contributed by atoms with Gasteiger partial charge in [-0.05, 0) is 48.0 Å². The lowest BCUT2D eigenvalue weighted by Gasteiger charge is -2.30. The van der Waals surface area contributed by atoms with Crippen LogP contribution in [0.3, 0.4) is 0 Å². The maximum atomic E-state index is 13.1. The second-order valence-corrected chi connectivity index (χ2v) is 9.88. The van der Waals surface area contributed by atoms with E-state index in [1.54, 1.807) is 18.2 Å². The Bertz CT molecular complexity index is 1200. The summed E-state index contributed by atoms with van der Waals surface area (Å²) in [6, 6.07) is 13.4. The lowest BCUT2D eigenvalue weighted by molar-refractivity contribution is -0.146. The van der Waals surface area contributed by atoms with Gasteiger partial charge in [0.25, 0.3) is 5.91 Å². The fourth-order valence-electron chi connectivity index (χ4n) is 3.75. The third-order valence-corrected chi connectivity index (χ3v) is 7.62. The number of terminal acetylenes is 1. The van der Waals surface area contributed by atoms with Gasteiger partial charge in [0, 0.05) is 38.0 Å². The molecule has 1 aliphatic rings. The van der Waals surface area contributed by atoms with Crippen LogP contribution in [0.2, 0.25) is 0 Å². The number of nitrogens with zero attached hydrogens (tertiary/aromatic N) is 1. The molecule has 0 unspecified atom stereocenters. The number of carbonyl (C=O) groups is 1. The number of ether oxygens (including phenoxy) is 3. The first-order valence-electron chi connectivity index (χ1n) is 11.4. The van der Waals surface area contributed by atoms with Gasteiger partial charge in [0.15, 0.2) is 5.76 Å². The average molecular weight is 515 g/mol. The van der Waals surface area contributed by atoms with Gasteiger partial charge >= 0.3 is 0 Å². The van der Waals surface area contributed by atoms with Crippen LogP contribution in [0.15, 0.2) is 65.3 Å². The van der Waals surface area contributed by atoms with Crippen LogP contribution in [0.5, 0.6) is 5.75 Å². The topological polar surface area (TPSA) is 114 Å². The first-order valence-corrected chi connectivity index (χ1v) is 12.8. The molecule has 1 aliphatic heterocycles. The molecule has 2 aromatic carbocycles. The summed E-state index contributed by atoms with van der Waals surface area (Å²) in [5.74, 6) is 2.67. The Morgan fingerprint density at radius 2 is 1.89 bits per heavy atom. The average Bonchev–Trinajstić information content (AvgIpc) is 2.92. The van der Waals surface area contributed by atoms with Crippen LogP contribution in [0.25, 0.3) is 0 Å². The summed E-state index contributed by atoms with van der Waals surface area (Å²) in [4.78, 5) is 12.4. The van der Waals surface area contributed by atoms with Crippen LogP contribution in [0.1, 0.15) is 23.5 Å². The van der Waals surface area contributed by atoms with Crippen molar-refractivity contribution in [1.29, 1.82) is 0 Å². The lowest BCUT2D eigenvalue weighted by atomic mass is 9.92. The van der Waals surface area contributed by atoms with Crippen molar-refractivity contribution in [2.24, 2.45) is 0 Å². The van der Waals surface area contributed by atoms with Crippen molar-refractivity contribution in [3.8, 4) is 18.1 Å². The molecule has 3 rings (SSSR count). The van der Waals surface area contributed by atoms with E-state index in [0.29, 0.717) is 12.2 Å². The van der Waals surface area contributed by atoms with Crippen molar-refractivity contribution in [3.05, 3.63) is 71.5 Å². The number of nitrogens with one attached hydrogen (secondary N) is 1. The third-order valence-electron chi connectivity index (χ3n) is 5.70. The van der Waals surface area contributed by atoms with Gasteiger partial charge in [0.1, 0.15) is 5.75 Å². The summed E-state index contributed by atoms with van der Waals surface area (Å²) in [7, 11) is -0.876. The second kappa shape index (κ2) is 12.6. The van der Waals surface area contributed by atoms with Gasteiger partial charge in [-0.3, -0.25) is 4.79 Å². The molecule has 0 radical (unpaired) electrons. The third kappa shape index (κ3) is 6.65. The minimum Gasteiger partial charge on any atom is -0.497 e. The molecule has 0 aliphatic carbocycles. The Kier molecular flexibility index (Phi) is 9.50. The molecule has 0 aromatic heterocycles. The van der Waals surface area contributed by atoms with Crippen LogP contribution in [-0.4, -0.2) is 70.5 Å². The van der Waals surface area contributed by atoms with E-state index >= 15 is 0 Å². The molecule has 0 saturated carbocycles. The van der Waals surface area contributed by atoms with E-state index in [1.165, 1.54) is 26.3 Å². The van der Waals surface area contributed by atoms with Crippen LogP contribution < -0.4 is 10.1 Å². The van der Waals surface area contributed by atoms with Gasteiger partial charge in [-0.25, -0.2) is 8.42 Å². The van der Waals surface area contributed by atoms with Crippen LogP contribution in [0, 0.1) is 12.3 Å². The molecule has 2 N–H and O–H groups in total. The molecule has 1 heterocycles. The smallest absolute Gasteiger partial charge is 0.285 e. The fraction of sp³-hybridized carbons (Fsp3) is 0.346. The van der Waals surface area contributed by atoms with Crippen molar-refractivity contribution in [3.63, 3.8) is 0 Å². The highest BCUT2D eigenvalue weighted by atomic mass is 32.2. The molecule has 0 bridgehead atoms. The van der Waals surface area contributed by atoms with Gasteiger partial charge in [-0.2, -0.15) is 4.31 Å². The Morgan fingerprint density at radius 1 is 1.19 bits per heavy atom. The normalized spacial score (nSPS) is 17.6. The molecule has 0 spiro atoms. The Hall–Kier alpha value is -3.36. The highest BCUT2D eigenvalue weighted by molar-refractivity contribution is 7.89. The summed E-state index contributed by atoms with van der Waals surface area (Å²) in [5, 5.41) is 12.0. The molecule has 36 heavy (non-hydrogen) atoms. The lowest BCUT2D eigenvalue weighted by Crippen LogP contribution is -2.38. The summed E-state index contributed by atoms with van der Waals surface area (Å²) in [6.07, 6.45) is 6.81. The Morgan fingerprint density at radius 3 is 2.47 bits per heavy atom. The summed E-state index contributed by atoms with van der Waals surface area (Å²) < 4.78 is 44.0. The van der Waals surface area contributed by atoms with E-state index in [1.807, 2.05) is 24.3 Å². The maximum Gasteiger partial charge on any atom is 0.285 e. The van der Waals surface area contributed by atoms with Crippen LogP contribution in [-0.2, 0) is 24.3 Å². The molecule has 2 aromatic rings. The van der Waals surface area contributed by atoms with E-state index in [0.717, 1.165) is 15.4 Å². The largest absolute Gasteiger partial charge is 0.497 e. The predicted octanol–water partition coefficient (Wildman–Crippen LogP) is 1.84. The number of hydrogen-bond acceptors (Lipinski definition) is 7. The summed E-state index contributed by atoms with van der Waals surface area (Å²) >= 11 is 0. The molecule has 1 amide bonds. The molecular weight excluding hydrogens is 484 g/mol. The zero-order valence-electron chi connectivity index (χ0n) is 20.2. The number of sulfonamides is 1. The zero-order chi connectivity index (χ0) is 26.1. The molecular formula is C26H30N2O7S. The Balaban J connectivity index is 1.70. The van der Waals surface area contributed by atoms with Gasteiger partial charge < -0.3 is 24.6 Å². The zero-order valence-corrected chi connectivity index (χ0v) is 21.0. The molecule has 9 nitrogen and oxygen atoms in total. The first kappa shape index (κ1) is 27.2. The number of aliphatic hydroxyl groups excluding tert-OH is 1. The van der Waals surface area contributed by atoms with Gasteiger partial charge in [-0.1, -0.05) is 18.1 Å². The summed E-state index contributed by atoms with van der Waals surface area (Å²) in [6.45, 7) is -0.482. The fourth-order valence-corrected chi connectivity index (χ4v) is 5.16. The number of rotatable bonds is 11. The Labute approximate surface area is 211 Å². The minimum atomic E-state index is -3.87. The van der Waals surface area contributed by atoms with Gasteiger partial charge in [-0.15, -0.1) is 6.42 Å². The molecule has 192 valence electrons. The van der Waals surface area contributed by atoms with Crippen LogP contribution >= 0.6 is 0 Å². The standard InChI is InChI=1S/C26H30N2O7S/c1-4-19-5-7-20(8-6-19)21-17-24(26(30)27-2)35-25(18-21)34-16-14-28(13-15-29)36(31,32)23-11-9-22(33-3)10-12-23/h1,5-12,17,21,25,29H,13-16,18H2,2-3H3,(H,27,30)/t21-,25+/m1/s1. The number of benzene rings is 2. The number of hydrogen-bond donors (Lipinski definition) is 2. The quantitative estimate of drug-likeness (QED) is 0.440. The first-order chi connectivity index (χ1) is 17.3. The van der Waals surface area contributed by atoms with E-state index in [9.17, 15) is 18.3 Å². The minimum absolute atomic E-state index is 0.0101. The van der Waals surface area contributed by atoms with Gasteiger partial charge in [0.05, 0.1) is 25.2 Å². The van der Waals surface area contributed by atoms with Crippen molar-refractivity contribution >= 4 is 15.9 Å². The van der Waals surface area contributed by atoms with Gasteiger partial charge in [0.2, 0.25) is 16.3 Å². The van der Waals surface area contributed by atoms with Crippen LogP contribution in [0.4, 0.5) is 0 Å². The predicted molar refractivity (Wildman–Crippen MR) is 134 cm³/mol. The second-order valence-electron chi connectivity index (χ2n) is 7.94. The van der Waals surface area contributed by atoms with Crippen molar-refractivity contribution in [2.45, 2.75) is 23.5 Å². The number of likely N-dealkylation sites (N-methyl/N-ethyl adjacent to an activating group) is 1. The van der Waals surface area contributed by atoms with Crippen molar-refractivity contribution < 1.29 is 32.5 Å². The monoisotopic (exact) mass is 514 g/mol. The van der Waals surface area contributed by atoms with E-state index in [4.69, 9.17) is 20.6 Å².